The Kier molecular flexibility index (Phi) is 12.1. The van der Waals surface area contributed by atoms with Gasteiger partial charge in [0.1, 0.15) is 5.82 Å². The van der Waals surface area contributed by atoms with Crippen LogP contribution in [0.4, 0.5) is 0 Å². The van der Waals surface area contributed by atoms with Crippen LogP contribution in [0.1, 0.15) is 45.9 Å². The van der Waals surface area contributed by atoms with Crippen molar-refractivity contribution in [2.75, 3.05) is 26.2 Å². The van der Waals surface area contributed by atoms with Gasteiger partial charge in [-0.1, -0.05) is 26.0 Å². The molecule has 0 saturated heterocycles. The summed E-state index contributed by atoms with van der Waals surface area (Å²) < 4.78 is 0. The van der Waals surface area contributed by atoms with Crippen LogP contribution >= 0.6 is 24.0 Å². The van der Waals surface area contributed by atoms with E-state index in [-0.39, 0.29) is 30.6 Å². The lowest BCUT2D eigenvalue weighted by Crippen LogP contribution is -2.38. The molecule has 4 N–H and O–H groups in total. The molecule has 1 atom stereocenters. The van der Waals surface area contributed by atoms with E-state index in [1.165, 1.54) is 0 Å². The quantitative estimate of drug-likeness (QED) is 0.164. The minimum atomic E-state index is 0. The van der Waals surface area contributed by atoms with Gasteiger partial charge in [-0.15, -0.1) is 24.0 Å². The van der Waals surface area contributed by atoms with Crippen LogP contribution in [0.3, 0.4) is 0 Å². The molecule has 158 valence electrons. The van der Waals surface area contributed by atoms with E-state index in [0.29, 0.717) is 11.8 Å². The van der Waals surface area contributed by atoms with Crippen molar-refractivity contribution in [3.8, 4) is 0 Å². The zero-order valence-electron chi connectivity index (χ0n) is 17.4. The number of benzene rings is 1. The Morgan fingerprint density at radius 2 is 2.04 bits per heavy atom. The van der Waals surface area contributed by atoms with Crippen molar-refractivity contribution in [2.24, 2.45) is 16.8 Å². The van der Waals surface area contributed by atoms with Gasteiger partial charge in [-0.05, 0) is 50.2 Å². The van der Waals surface area contributed by atoms with Crippen LogP contribution < -0.4 is 10.6 Å². The van der Waals surface area contributed by atoms with Crippen LogP contribution in [0.5, 0.6) is 0 Å². The van der Waals surface area contributed by atoms with E-state index < -0.39 is 0 Å². The Hall–Kier alpha value is -1.35. The van der Waals surface area contributed by atoms with E-state index in [1.807, 2.05) is 18.2 Å². The predicted molar refractivity (Wildman–Crippen MR) is 128 cm³/mol. The molecule has 0 bridgehead atoms. The maximum atomic E-state index is 9.26. The predicted octanol–water partition coefficient (Wildman–Crippen LogP) is 3.71. The summed E-state index contributed by atoms with van der Waals surface area (Å²) in [7, 11) is 0. The van der Waals surface area contributed by atoms with Crippen molar-refractivity contribution in [3.05, 3.63) is 30.1 Å². The molecule has 0 fully saturated rings. The number of para-hydroxylation sites is 2. The van der Waals surface area contributed by atoms with Gasteiger partial charge in [-0.2, -0.15) is 0 Å². The van der Waals surface area contributed by atoms with Gasteiger partial charge in [-0.3, -0.25) is 4.99 Å². The molecule has 0 aliphatic rings. The summed E-state index contributed by atoms with van der Waals surface area (Å²) >= 11 is 0. The molecule has 2 aromatic rings. The number of hydrogen-bond acceptors (Lipinski definition) is 3. The fraction of sp³-hybridized carbons (Fsp3) is 0.619. The molecule has 2 rings (SSSR count). The van der Waals surface area contributed by atoms with Crippen LogP contribution in [0.25, 0.3) is 11.0 Å². The standard InChI is InChI=1S/C21H35N5O.HI/c1-4-22-21(24-15-17(11-13-27)14-16(2)3)23-12-7-10-20-25-18-8-5-6-9-19(18)26-20;/h5-6,8-9,16-17,27H,4,7,10-15H2,1-3H3,(H,25,26)(H2,22,23,24);1H. The van der Waals surface area contributed by atoms with E-state index in [9.17, 15) is 5.11 Å². The second kappa shape index (κ2) is 13.8. The molecular formula is C21H36IN5O. The first-order valence-corrected chi connectivity index (χ1v) is 10.2. The second-order valence-corrected chi connectivity index (χ2v) is 7.46. The number of hydrogen-bond donors (Lipinski definition) is 4. The SMILES string of the molecule is CCNC(=NCC(CCO)CC(C)C)NCCCc1nc2ccccc2[nH]1.I. The van der Waals surface area contributed by atoms with Crippen LogP contribution in [-0.4, -0.2) is 47.3 Å². The molecule has 1 aromatic heterocycles. The van der Waals surface area contributed by atoms with E-state index >= 15 is 0 Å². The van der Waals surface area contributed by atoms with Gasteiger partial charge in [0, 0.05) is 32.7 Å². The van der Waals surface area contributed by atoms with Crippen LogP contribution in [0, 0.1) is 11.8 Å². The molecular weight excluding hydrogens is 465 g/mol. The highest BCUT2D eigenvalue weighted by Gasteiger charge is 2.10. The number of H-pyrrole nitrogens is 1. The van der Waals surface area contributed by atoms with Crippen molar-refractivity contribution in [1.29, 1.82) is 0 Å². The molecule has 28 heavy (non-hydrogen) atoms. The maximum absolute atomic E-state index is 9.26. The highest BCUT2D eigenvalue weighted by Crippen LogP contribution is 2.15. The lowest BCUT2D eigenvalue weighted by Gasteiger charge is -2.17. The zero-order valence-corrected chi connectivity index (χ0v) is 19.7. The van der Waals surface area contributed by atoms with Gasteiger partial charge in [-0.25, -0.2) is 4.98 Å². The highest BCUT2D eigenvalue weighted by atomic mass is 127. The third-order valence-corrected chi connectivity index (χ3v) is 4.52. The topological polar surface area (TPSA) is 85.3 Å². The molecule has 6 nitrogen and oxygen atoms in total. The summed E-state index contributed by atoms with van der Waals surface area (Å²) in [6.07, 6.45) is 3.79. The summed E-state index contributed by atoms with van der Waals surface area (Å²) in [5, 5.41) is 16.0. The number of aliphatic hydroxyl groups is 1. The minimum absolute atomic E-state index is 0. The Morgan fingerprint density at radius 3 is 2.71 bits per heavy atom. The van der Waals surface area contributed by atoms with Crippen LogP contribution in [0.2, 0.25) is 0 Å². The summed E-state index contributed by atoms with van der Waals surface area (Å²) in [6.45, 7) is 9.17. The number of rotatable bonds is 11. The zero-order chi connectivity index (χ0) is 19.5. The van der Waals surface area contributed by atoms with Gasteiger partial charge >= 0.3 is 0 Å². The van der Waals surface area contributed by atoms with E-state index in [2.05, 4.69) is 47.4 Å². The molecule has 0 aliphatic carbocycles. The first kappa shape index (κ1) is 24.7. The Morgan fingerprint density at radius 1 is 1.25 bits per heavy atom. The largest absolute Gasteiger partial charge is 0.396 e. The molecule has 0 radical (unpaired) electrons. The van der Waals surface area contributed by atoms with Gasteiger partial charge < -0.3 is 20.7 Å². The Labute approximate surface area is 186 Å². The molecule has 0 spiro atoms. The molecule has 7 heteroatoms. The highest BCUT2D eigenvalue weighted by molar-refractivity contribution is 14.0. The molecule has 0 aliphatic heterocycles. The van der Waals surface area contributed by atoms with E-state index in [1.54, 1.807) is 0 Å². The monoisotopic (exact) mass is 501 g/mol. The first-order chi connectivity index (χ1) is 13.1. The average Bonchev–Trinajstić information content (AvgIpc) is 3.05. The number of aliphatic hydroxyl groups excluding tert-OH is 1. The van der Waals surface area contributed by atoms with E-state index in [0.717, 1.165) is 68.1 Å². The number of aromatic nitrogens is 2. The van der Waals surface area contributed by atoms with Gasteiger partial charge in [0.2, 0.25) is 0 Å². The second-order valence-electron chi connectivity index (χ2n) is 7.46. The number of guanidine groups is 1. The van der Waals surface area contributed by atoms with Crippen molar-refractivity contribution < 1.29 is 5.11 Å². The van der Waals surface area contributed by atoms with Crippen molar-refractivity contribution in [1.82, 2.24) is 20.6 Å². The number of halogens is 1. The molecule has 0 saturated carbocycles. The smallest absolute Gasteiger partial charge is 0.191 e. The summed E-state index contributed by atoms with van der Waals surface area (Å²) in [5.74, 6) is 2.94. The first-order valence-electron chi connectivity index (χ1n) is 10.2. The Balaban J connectivity index is 0.00000392. The Bertz CT molecular complexity index is 668. The minimum Gasteiger partial charge on any atom is -0.396 e. The maximum Gasteiger partial charge on any atom is 0.191 e. The molecule has 1 aromatic carbocycles. The van der Waals surface area contributed by atoms with E-state index in [4.69, 9.17) is 4.99 Å². The summed E-state index contributed by atoms with van der Waals surface area (Å²) in [4.78, 5) is 12.7. The number of aryl methyl sites for hydroxylation is 1. The van der Waals surface area contributed by atoms with Crippen LogP contribution in [-0.2, 0) is 6.42 Å². The van der Waals surface area contributed by atoms with Gasteiger partial charge in [0.05, 0.1) is 11.0 Å². The lowest BCUT2D eigenvalue weighted by atomic mass is 9.94. The number of nitrogens with one attached hydrogen (secondary N) is 3. The number of imidazole rings is 1. The average molecular weight is 501 g/mol. The summed E-state index contributed by atoms with van der Waals surface area (Å²) in [6, 6.07) is 8.12. The molecule has 1 heterocycles. The lowest BCUT2D eigenvalue weighted by molar-refractivity contribution is 0.245. The van der Waals surface area contributed by atoms with Gasteiger partial charge in [0.25, 0.3) is 0 Å². The third kappa shape index (κ3) is 8.77. The normalized spacial score (nSPS) is 12.8. The van der Waals surface area contributed by atoms with Crippen molar-refractivity contribution in [3.63, 3.8) is 0 Å². The summed E-state index contributed by atoms with van der Waals surface area (Å²) in [5.41, 5.74) is 2.12. The number of aromatic amines is 1. The fourth-order valence-corrected chi connectivity index (χ4v) is 3.28. The van der Waals surface area contributed by atoms with Crippen molar-refractivity contribution >= 4 is 41.0 Å². The molecule has 0 amide bonds. The molecule has 1 unspecified atom stereocenters. The number of aliphatic imine (C=N–C) groups is 1. The number of nitrogens with zero attached hydrogens (tertiary/aromatic N) is 2. The number of fused-ring (bicyclic) bond motifs is 1. The van der Waals surface area contributed by atoms with Crippen LogP contribution in [0.15, 0.2) is 29.3 Å². The van der Waals surface area contributed by atoms with Crippen molar-refractivity contribution in [2.45, 2.75) is 46.5 Å². The van der Waals surface area contributed by atoms with Gasteiger partial charge in [0.15, 0.2) is 5.96 Å². The third-order valence-electron chi connectivity index (χ3n) is 4.52. The fourth-order valence-electron chi connectivity index (χ4n) is 3.28.